The lowest BCUT2D eigenvalue weighted by atomic mass is 9.68. The van der Waals surface area contributed by atoms with E-state index in [1.807, 2.05) is 6.07 Å². The summed E-state index contributed by atoms with van der Waals surface area (Å²) in [5.41, 5.74) is 1.89. The molecule has 0 saturated heterocycles. The Balaban J connectivity index is 1.83. The minimum Gasteiger partial charge on any atom is -0.306 e. The minimum absolute atomic E-state index is 0.190. The average molecular weight is 354 g/mol. The van der Waals surface area contributed by atoms with Gasteiger partial charge in [-0.3, -0.25) is 0 Å². The van der Waals surface area contributed by atoms with E-state index in [0.717, 1.165) is 16.0 Å². The molecule has 2 saturated carbocycles. The highest BCUT2D eigenvalue weighted by molar-refractivity contribution is 9.10. The highest BCUT2D eigenvalue weighted by atomic mass is 79.9. The molecule has 0 aromatic heterocycles. The van der Waals surface area contributed by atoms with Gasteiger partial charge < -0.3 is 5.32 Å². The summed E-state index contributed by atoms with van der Waals surface area (Å²) in [6.45, 7) is 9.44. The van der Waals surface area contributed by atoms with Gasteiger partial charge in [0, 0.05) is 16.6 Å². The zero-order valence-electron chi connectivity index (χ0n) is 13.3. The third-order valence-corrected chi connectivity index (χ3v) is 6.80. The standard InChI is InChI=1S/C18H25BrFN/c1-11(14-6-5-13(20)9-15(14)19)21-16-17(2,3)12-7-8-18(16,4)10-12/h5-6,9,11-12,16,21H,7-8,10H2,1-4H3. The summed E-state index contributed by atoms with van der Waals surface area (Å²) in [4.78, 5) is 0. The van der Waals surface area contributed by atoms with E-state index >= 15 is 0 Å². The van der Waals surface area contributed by atoms with Gasteiger partial charge in [0.2, 0.25) is 0 Å². The summed E-state index contributed by atoms with van der Waals surface area (Å²) in [7, 11) is 0. The Morgan fingerprint density at radius 2 is 2.05 bits per heavy atom. The van der Waals surface area contributed by atoms with Crippen LogP contribution in [0.1, 0.15) is 58.6 Å². The number of rotatable bonds is 3. The second-order valence-electron chi connectivity index (χ2n) is 7.90. The Hall–Kier alpha value is -0.410. The van der Waals surface area contributed by atoms with Crippen LogP contribution in [0.3, 0.4) is 0 Å². The predicted octanol–water partition coefficient (Wildman–Crippen LogP) is 5.45. The van der Waals surface area contributed by atoms with Crippen LogP contribution in [0.5, 0.6) is 0 Å². The first-order valence-corrected chi connectivity index (χ1v) is 8.74. The summed E-state index contributed by atoms with van der Waals surface area (Å²) in [6, 6.07) is 5.74. The maximum Gasteiger partial charge on any atom is 0.124 e. The fraction of sp³-hybridized carbons (Fsp3) is 0.667. The maximum absolute atomic E-state index is 13.3. The first-order chi connectivity index (χ1) is 9.74. The van der Waals surface area contributed by atoms with Crippen molar-refractivity contribution in [1.82, 2.24) is 5.32 Å². The smallest absolute Gasteiger partial charge is 0.124 e. The lowest BCUT2D eigenvalue weighted by Gasteiger charge is -2.44. The van der Waals surface area contributed by atoms with Crippen molar-refractivity contribution in [2.24, 2.45) is 16.7 Å². The van der Waals surface area contributed by atoms with Gasteiger partial charge in [-0.1, -0.05) is 42.8 Å². The third kappa shape index (κ3) is 2.46. The summed E-state index contributed by atoms with van der Waals surface area (Å²) >= 11 is 3.50. The number of benzene rings is 1. The van der Waals surface area contributed by atoms with Gasteiger partial charge in [0.15, 0.2) is 0 Å². The summed E-state index contributed by atoms with van der Waals surface area (Å²) < 4.78 is 14.1. The van der Waals surface area contributed by atoms with Gasteiger partial charge in [-0.15, -0.1) is 0 Å². The molecule has 1 nitrogen and oxygen atoms in total. The molecule has 0 spiro atoms. The number of hydrogen-bond donors (Lipinski definition) is 1. The molecular weight excluding hydrogens is 329 g/mol. The van der Waals surface area contributed by atoms with Crippen LogP contribution in [0.2, 0.25) is 0 Å². The molecule has 0 heterocycles. The summed E-state index contributed by atoms with van der Waals surface area (Å²) in [5, 5.41) is 3.87. The molecule has 4 unspecified atom stereocenters. The topological polar surface area (TPSA) is 12.0 Å². The molecule has 2 fully saturated rings. The summed E-state index contributed by atoms with van der Waals surface area (Å²) in [5.74, 6) is 0.647. The van der Waals surface area contributed by atoms with E-state index < -0.39 is 0 Å². The van der Waals surface area contributed by atoms with Crippen LogP contribution >= 0.6 is 15.9 Å². The molecule has 2 bridgehead atoms. The maximum atomic E-state index is 13.3. The van der Waals surface area contributed by atoms with Crippen molar-refractivity contribution in [3.05, 3.63) is 34.1 Å². The molecule has 2 aliphatic carbocycles. The Labute approximate surface area is 135 Å². The van der Waals surface area contributed by atoms with E-state index in [2.05, 4.69) is 48.9 Å². The van der Waals surface area contributed by atoms with Crippen molar-refractivity contribution in [3.8, 4) is 0 Å². The zero-order chi connectivity index (χ0) is 15.4. The highest BCUT2D eigenvalue weighted by Crippen LogP contribution is 2.62. The van der Waals surface area contributed by atoms with Crippen LogP contribution in [0, 0.1) is 22.6 Å². The molecule has 1 aromatic rings. The second kappa shape index (κ2) is 5.06. The van der Waals surface area contributed by atoms with Gasteiger partial charge in [0.25, 0.3) is 0 Å². The second-order valence-corrected chi connectivity index (χ2v) is 8.76. The first kappa shape index (κ1) is 15.5. The molecule has 116 valence electrons. The molecule has 0 amide bonds. The lowest BCUT2D eigenvalue weighted by Crippen LogP contribution is -2.51. The molecule has 4 atom stereocenters. The predicted molar refractivity (Wildman–Crippen MR) is 88.7 cm³/mol. The minimum atomic E-state index is -0.190. The molecule has 0 radical (unpaired) electrons. The van der Waals surface area contributed by atoms with Crippen LogP contribution in [0.4, 0.5) is 4.39 Å². The van der Waals surface area contributed by atoms with Gasteiger partial charge in [-0.05, 0) is 60.6 Å². The number of halogens is 2. The Morgan fingerprint density at radius 1 is 1.33 bits per heavy atom. The van der Waals surface area contributed by atoms with Crippen molar-refractivity contribution in [2.75, 3.05) is 0 Å². The molecular formula is C18H25BrFN. The summed E-state index contributed by atoms with van der Waals surface area (Å²) in [6.07, 6.45) is 4.04. The molecule has 1 N–H and O–H groups in total. The third-order valence-electron chi connectivity index (χ3n) is 6.12. The average Bonchev–Trinajstić information content (AvgIpc) is 2.85. The van der Waals surface area contributed by atoms with Gasteiger partial charge in [-0.25, -0.2) is 4.39 Å². The Bertz CT molecular complexity index is 551. The van der Waals surface area contributed by atoms with E-state index in [9.17, 15) is 4.39 Å². The fourth-order valence-corrected chi connectivity index (χ4v) is 5.60. The van der Waals surface area contributed by atoms with E-state index in [-0.39, 0.29) is 11.9 Å². The van der Waals surface area contributed by atoms with Gasteiger partial charge in [0.05, 0.1) is 0 Å². The van der Waals surface area contributed by atoms with E-state index in [1.165, 1.54) is 19.3 Å². The number of nitrogens with one attached hydrogen (secondary N) is 1. The quantitative estimate of drug-likeness (QED) is 0.761. The molecule has 3 rings (SSSR count). The Morgan fingerprint density at radius 3 is 2.62 bits per heavy atom. The number of fused-ring (bicyclic) bond motifs is 2. The van der Waals surface area contributed by atoms with Gasteiger partial charge in [0.1, 0.15) is 5.82 Å². The zero-order valence-corrected chi connectivity index (χ0v) is 14.9. The largest absolute Gasteiger partial charge is 0.306 e. The van der Waals surface area contributed by atoms with Crippen molar-refractivity contribution in [3.63, 3.8) is 0 Å². The molecule has 2 aliphatic rings. The van der Waals surface area contributed by atoms with Crippen molar-refractivity contribution in [1.29, 1.82) is 0 Å². The van der Waals surface area contributed by atoms with Crippen LogP contribution in [-0.2, 0) is 0 Å². The normalized spacial score (nSPS) is 35.1. The van der Waals surface area contributed by atoms with Crippen LogP contribution in [-0.4, -0.2) is 6.04 Å². The van der Waals surface area contributed by atoms with Gasteiger partial charge in [-0.2, -0.15) is 0 Å². The molecule has 21 heavy (non-hydrogen) atoms. The molecule has 1 aromatic carbocycles. The van der Waals surface area contributed by atoms with E-state index in [1.54, 1.807) is 12.1 Å². The van der Waals surface area contributed by atoms with Crippen molar-refractivity contribution < 1.29 is 4.39 Å². The Kier molecular flexibility index (Phi) is 3.73. The first-order valence-electron chi connectivity index (χ1n) is 7.95. The number of hydrogen-bond acceptors (Lipinski definition) is 1. The van der Waals surface area contributed by atoms with Crippen molar-refractivity contribution >= 4 is 15.9 Å². The fourth-order valence-electron chi connectivity index (χ4n) is 4.91. The molecule has 3 heteroatoms. The van der Waals surface area contributed by atoms with Crippen LogP contribution in [0.15, 0.2) is 22.7 Å². The van der Waals surface area contributed by atoms with Crippen LogP contribution < -0.4 is 5.32 Å². The SMILES string of the molecule is CC(NC1C2(C)CCC(C2)C1(C)C)c1ccc(F)cc1Br. The van der Waals surface area contributed by atoms with Crippen molar-refractivity contribution in [2.45, 2.75) is 59.0 Å². The van der Waals surface area contributed by atoms with Gasteiger partial charge >= 0.3 is 0 Å². The lowest BCUT2D eigenvalue weighted by molar-refractivity contribution is 0.100. The van der Waals surface area contributed by atoms with E-state index in [0.29, 0.717) is 16.9 Å². The monoisotopic (exact) mass is 353 g/mol. The van der Waals surface area contributed by atoms with E-state index in [4.69, 9.17) is 0 Å². The van der Waals surface area contributed by atoms with Crippen LogP contribution in [0.25, 0.3) is 0 Å². The highest BCUT2D eigenvalue weighted by Gasteiger charge is 2.59. The molecule has 0 aliphatic heterocycles.